The monoisotopic (exact) mass is 270 g/mol. The lowest BCUT2D eigenvalue weighted by molar-refractivity contribution is -0.0806. The molecule has 1 aromatic rings. The molecule has 0 bridgehead atoms. The highest BCUT2D eigenvalue weighted by Crippen LogP contribution is 2.46. The van der Waals surface area contributed by atoms with E-state index in [0.29, 0.717) is 12.1 Å². The topological polar surface area (TPSA) is 56.0 Å². The van der Waals surface area contributed by atoms with E-state index in [1.165, 1.54) is 0 Å². The van der Waals surface area contributed by atoms with E-state index < -0.39 is 0 Å². The zero-order valence-electron chi connectivity index (χ0n) is 12.1. The van der Waals surface area contributed by atoms with Crippen molar-refractivity contribution in [2.75, 3.05) is 0 Å². The van der Waals surface area contributed by atoms with Crippen LogP contribution in [0.4, 0.5) is 0 Å². The molecule has 2 N–H and O–H groups in total. The Balaban J connectivity index is 1.62. The fourth-order valence-electron chi connectivity index (χ4n) is 3.52. The lowest BCUT2D eigenvalue weighted by Gasteiger charge is -2.54. The van der Waals surface area contributed by atoms with E-state index in [4.69, 9.17) is 0 Å². The van der Waals surface area contributed by atoms with Gasteiger partial charge in [-0.25, -0.2) is 0 Å². The molecule has 0 saturated heterocycles. The third kappa shape index (κ3) is 1.95. The smallest absolute Gasteiger partial charge is 0.0852 e. The van der Waals surface area contributed by atoms with E-state index in [0.717, 1.165) is 24.8 Å². The van der Waals surface area contributed by atoms with Gasteiger partial charge in [-0.15, -0.1) is 0 Å². The Labute approximate surface area is 120 Å². The number of nitrogens with zero attached hydrogens (tertiary/aromatic N) is 1. The van der Waals surface area contributed by atoms with Gasteiger partial charge in [-0.2, -0.15) is 5.26 Å². The molecule has 0 radical (unpaired) electrons. The first-order valence-electron chi connectivity index (χ1n) is 7.39. The van der Waals surface area contributed by atoms with Crippen LogP contribution in [0.1, 0.15) is 38.7 Å². The number of nitrogens with one attached hydrogen (secondary N) is 1. The average Bonchev–Trinajstić information content (AvgIpc) is 2.42. The first-order valence-corrected chi connectivity index (χ1v) is 7.39. The van der Waals surface area contributed by atoms with Crippen LogP contribution in [0.2, 0.25) is 0 Å². The lowest BCUT2D eigenvalue weighted by Crippen LogP contribution is -2.65. The van der Waals surface area contributed by atoms with Crippen molar-refractivity contribution in [3.63, 3.8) is 0 Å². The van der Waals surface area contributed by atoms with E-state index >= 15 is 0 Å². The lowest BCUT2D eigenvalue weighted by atomic mass is 9.60. The molecule has 3 nitrogen and oxygen atoms in total. The molecular weight excluding hydrogens is 248 g/mol. The van der Waals surface area contributed by atoms with E-state index in [2.05, 4.69) is 37.4 Å². The zero-order valence-corrected chi connectivity index (χ0v) is 12.1. The first-order chi connectivity index (χ1) is 9.48. The predicted molar refractivity (Wildman–Crippen MR) is 78.1 cm³/mol. The molecule has 1 aromatic carbocycles. The third-order valence-electron chi connectivity index (χ3n) is 5.38. The van der Waals surface area contributed by atoms with Crippen molar-refractivity contribution in [2.45, 2.75) is 56.7 Å². The SMILES string of the molecule is CC1(C)C(O)CC1NC1CC(C#N)(c2ccccc2)C1. The fourth-order valence-corrected chi connectivity index (χ4v) is 3.52. The Morgan fingerprint density at radius 2 is 1.90 bits per heavy atom. The first kappa shape index (κ1) is 13.6. The number of benzene rings is 1. The number of rotatable bonds is 3. The molecule has 0 amide bonds. The highest BCUT2D eigenvalue weighted by molar-refractivity contribution is 5.37. The van der Waals surface area contributed by atoms with Crippen LogP contribution >= 0.6 is 0 Å². The van der Waals surface area contributed by atoms with Crippen LogP contribution < -0.4 is 5.32 Å². The molecule has 2 saturated carbocycles. The number of nitriles is 1. The van der Waals surface area contributed by atoms with Crippen molar-refractivity contribution >= 4 is 0 Å². The van der Waals surface area contributed by atoms with Gasteiger partial charge in [0, 0.05) is 17.5 Å². The van der Waals surface area contributed by atoms with Gasteiger partial charge in [0.25, 0.3) is 0 Å². The molecule has 2 unspecified atom stereocenters. The molecule has 2 atom stereocenters. The highest BCUT2D eigenvalue weighted by atomic mass is 16.3. The summed E-state index contributed by atoms with van der Waals surface area (Å²) in [6, 6.07) is 13.4. The van der Waals surface area contributed by atoms with Gasteiger partial charge < -0.3 is 10.4 Å². The Morgan fingerprint density at radius 1 is 1.25 bits per heavy atom. The van der Waals surface area contributed by atoms with Crippen LogP contribution in [-0.4, -0.2) is 23.3 Å². The molecule has 3 rings (SSSR count). The van der Waals surface area contributed by atoms with Crippen molar-refractivity contribution in [3.8, 4) is 6.07 Å². The number of hydrogen-bond donors (Lipinski definition) is 2. The quantitative estimate of drug-likeness (QED) is 0.886. The second-order valence-electron chi connectivity index (χ2n) is 6.96. The van der Waals surface area contributed by atoms with Crippen molar-refractivity contribution < 1.29 is 5.11 Å². The summed E-state index contributed by atoms with van der Waals surface area (Å²) in [6.45, 7) is 4.21. The maximum Gasteiger partial charge on any atom is 0.0852 e. The predicted octanol–water partition coefficient (Wildman–Crippen LogP) is 2.36. The molecule has 0 heterocycles. The van der Waals surface area contributed by atoms with Gasteiger partial charge in [0.2, 0.25) is 0 Å². The summed E-state index contributed by atoms with van der Waals surface area (Å²) >= 11 is 0. The summed E-state index contributed by atoms with van der Waals surface area (Å²) in [5.74, 6) is 0. The molecule has 3 heteroatoms. The minimum atomic E-state index is -0.314. The average molecular weight is 270 g/mol. The van der Waals surface area contributed by atoms with Gasteiger partial charge in [-0.05, 0) is 24.8 Å². The summed E-state index contributed by atoms with van der Waals surface area (Å²) in [5.41, 5.74) is 0.775. The summed E-state index contributed by atoms with van der Waals surface area (Å²) < 4.78 is 0. The van der Waals surface area contributed by atoms with Crippen LogP contribution in [0.3, 0.4) is 0 Å². The van der Waals surface area contributed by atoms with E-state index in [9.17, 15) is 10.4 Å². The second-order valence-corrected chi connectivity index (χ2v) is 6.96. The summed E-state index contributed by atoms with van der Waals surface area (Å²) in [4.78, 5) is 0. The summed E-state index contributed by atoms with van der Waals surface area (Å²) in [6.07, 6.45) is 2.37. The Kier molecular flexibility index (Phi) is 3.12. The standard InChI is InChI=1S/C17H22N2O/c1-16(2)14(8-15(16)20)19-13-9-17(10-13,11-18)12-6-4-3-5-7-12/h3-7,13-15,19-20H,8-10H2,1-2H3. The van der Waals surface area contributed by atoms with Gasteiger partial charge >= 0.3 is 0 Å². The molecule has 2 fully saturated rings. The minimum absolute atomic E-state index is 0.0440. The maximum absolute atomic E-state index is 9.78. The van der Waals surface area contributed by atoms with Crippen LogP contribution in [0.25, 0.3) is 0 Å². The number of aliphatic hydroxyl groups excluding tert-OH is 1. The van der Waals surface area contributed by atoms with Gasteiger partial charge in [-0.3, -0.25) is 0 Å². The summed E-state index contributed by atoms with van der Waals surface area (Å²) in [7, 11) is 0. The van der Waals surface area contributed by atoms with Crippen LogP contribution in [0, 0.1) is 16.7 Å². The minimum Gasteiger partial charge on any atom is -0.392 e. The molecule has 2 aliphatic carbocycles. The highest BCUT2D eigenvalue weighted by Gasteiger charge is 2.52. The largest absolute Gasteiger partial charge is 0.392 e. The van der Waals surface area contributed by atoms with Gasteiger partial charge in [0.1, 0.15) is 0 Å². The van der Waals surface area contributed by atoms with E-state index in [1.807, 2.05) is 18.2 Å². The Morgan fingerprint density at radius 3 is 2.40 bits per heavy atom. The van der Waals surface area contributed by atoms with Crippen molar-refractivity contribution in [1.29, 1.82) is 5.26 Å². The fraction of sp³-hybridized carbons (Fsp3) is 0.588. The summed E-state index contributed by atoms with van der Waals surface area (Å²) in [5, 5.41) is 22.9. The maximum atomic E-state index is 9.78. The molecule has 0 aliphatic heterocycles. The van der Waals surface area contributed by atoms with Crippen LogP contribution in [0.15, 0.2) is 30.3 Å². The number of aliphatic hydroxyl groups is 1. The van der Waals surface area contributed by atoms with Crippen molar-refractivity contribution in [1.82, 2.24) is 5.32 Å². The molecular formula is C17H22N2O. The Bertz CT molecular complexity index is 526. The molecule has 2 aliphatic rings. The second kappa shape index (κ2) is 4.58. The normalized spacial score (nSPS) is 38.4. The zero-order chi connectivity index (χ0) is 14.4. The van der Waals surface area contributed by atoms with E-state index in [1.54, 1.807) is 0 Å². The van der Waals surface area contributed by atoms with E-state index in [-0.39, 0.29) is 16.9 Å². The van der Waals surface area contributed by atoms with Gasteiger partial charge in [-0.1, -0.05) is 44.2 Å². The number of hydrogen-bond acceptors (Lipinski definition) is 3. The van der Waals surface area contributed by atoms with Crippen LogP contribution in [0.5, 0.6) is 0 Å². The van der Waals surface area contributed by atoms with Gasteiger partial charge in [0.15, 0.2) is 0 Å². The molecule has 0 spiro atoms. The van der Waals surface area contributed by atoms with Crippen molar-refractivity contribution in [2.24, 2.45) is 5.41 Å². The Hall–Kier alpha value is -1.37. The molecule has 106 valence electrons. The van der Waals surface area contributed by atoms with Gasteiger partial charge in [0.05, 0.1) is 17.6 Å². The molecule has 20 heavy (non-hydrogen) atoms. The third-order valence-corrected chi connectivity index (χ3v) is 5.38. The van der Waals surface area contributed by atoms with Crippen LogP contribution in [-0.2, 0) is 5.41 Å². The molecule has 0 aromatic heterocycles. The van der Waals surface area contributed by atoms with Crippen molar-refractivity contribution in [3.05, 3.63) is 35.9 Å².